The molecule has 0 atom stereocenters. The predicted molar refractivity (Wildman–Crippen MR) is 92.8 cm³/mol. The Morgan fingerprint density at radius 1 is 1.08 bits per heavy atom. The molecule has 1 aliphatic heterocycles. The average molecular weight is 371 g/mol. The van der Waals surface area contributed by atoms with Crippen LogP contribution in [0.3, 0.4) is 0 Å². The molecule has 130 valence electrons. The van der Waals surface area contributed by atoms with Crippen LogP contribution in [0.25, 0.3) is 0 Å². The second-order valence-electron chi connectivity index (χ2n) is 6.21. The molecule has 0 radical (unpaired) electrons. The molecule has 5 nitrogen and oxygen atoms in total. The highest BCUT2D eigenvalue weighted by Crippen LogP contribution is 2.34. The van der Waals surface area contributed by atoms with Gasteiger partial charge in [0, 0.05) is 37.1 Å². The van der Waals surface area contributed by atoms with Crippen molar-refractivity contribution < 1.29 is 14.3 Å². The molecule has 0 N–H and O–H groups in total. The molecule has 2 fully saturated rings. The van der Waals surface area contributed by atoms with Gasteiger partial charge < -0.3 is 14.5 Å². The maximum atomic E-state index is 12.9. The molecule has 1 aromatic rings. The van der Waals surface area contributed by atoms with Gasteiger partial charge in [-0.3, -0.25) is 9.59 Å². The summed E-state index contributed by atoms with van der Waals surface area (Å²) < 4.78 is 5.27. The molecule has 2 amide bonds. The van der Waals surface area contributed by atoms with E-state index in [0.717, 1.165) is 19.3 Å². The fourth-order valence-electron chi connectivity index (χ4n) is 3.03. The lowest BCUT2D eigenvalue weighted by Gasteiger charge is -2.23. The fraction of sp³-hybridized carbons (Fsp3) is 0.529. The van der Waals surface area contributed by atoms with E-state index in [1.165, 1.54) is 7.11 Å². The molecule has 24 heavy (non-hydrogen) atoms. The first-order valence-electron chi connectivity index (χ1n) is 8.12. The van der Waals surface area contributed by atoms with Gasteiger partial charge in [0.15, 0.2) is 0 Å². The summed E-state index contributed by atoms with van der Waals surface area (Å²) in [6.07, 6.45) is 2.76. The normalized spacial score (nSPS) is 18.3. The Morgan fingerprint density at radius 2 is 1.75 bits per heavy atom. The summed E-state index contributed by atoms with van der Waals surface area (Å²) in [6.45, 7) is 2.37. The Hall–Kier alpha value is -1.46. The summed E-state index contributed by atoms with van der Waals surface area (Å²) >= 11 is 12.2. The van der Waals surface area contributed by atoms with Crippen molar-refractivity contribution in [2.24, 2.45) is 5.92 Å². The summed E-state index contributed by atoms with van der Waals surface area (Å²) in [5.74, 6) is 0.602. The maximum Gasteiger partial charge on any atom is 0.257 e. The van der Waals surface area contributed by atoms with Crippen molar-refractivity contribution in [3.63, 3.8) is 0 Å². The number of methoxy groups -OCH3 is 1. The summed E-state index contributed by atoms with van der Waals surface area (Å²) in [5, 5.41) is 0.707. The van der Waals surface area contributed by atoms with E-state index < -0.39 is 0 Å². The van der Waals surface area contributed by atoms with Gasteiger partial charge in [0.25, 0.3) is 5.91 Å². The predicted octanol–water partition coefficient (Wildman–Crippen LogP) is 3.09. The van der Waals surface area contributed by atoms with Crippen molar-refractivity contribution in [2.75, 3.05) is 33.3 Å². The van der Waals surface area contributed by atoms with Crippen LogP contribution in [-0.2, 0) is 4.79 Å². The smallest absolute Gasteiger partial charge is 0.257 e. The highest BCUT2D eigenvalue weighted by atomic mass is 35.5. The molecule has 1 aromatic carbocycles. The quantitative estimate of drug-likeness (QED) is 0.821. The number of amides is 2. The van der Waals surface area contributed by atoms with E-state index in [4.69, 9.17) is 27.9 Å². The van der Waals surface area contributed by atoms with Gasteiger partial charge in [-0.05, 0) is 31.4 Å². The molecular formula is C17H20Cl2N2O3. The largest absolute Gasteiger partial charge is 0.494 e. The molecule has 1 saturated carbocycles. The number of carbonyl (C=O) groups is 2. The van der Waals surface area contributed by atoms with E-state index in [2.05, 4.69) is 0 Å². The van der Waals surface area contributed by atoms with Gasteiger partial charge in [0.05, 0.1) is 17.7 Å². The lowest BCUT2D eigenvalue weighted by atomic mass is 10.1. The molecule has 0 unspecified atom stereocenters. The van der Waals surface area contributed by atoms with E-state index in [0.29, 0.717) is 47.5 Å². The number of benzene rings is 1. The number of hydrogen-bond acceptors (Lipinski definition) is 3. The van der Waals surface area contributed by atoms with E-state index in [1.54, 1.807) is 17.0 Å². The zero-order chi connectivity index (χ0) is 17.3. The van der Waals surface area contributed by atoms with Crippen molar-refractivity contribution in [2.45, 2.75) is 19.3 Å². The van der Waals surface area contributed by atoms with Gasteiger partial charge >= 0.3 is 0 Å². The van der Waals surface area contributed by atoms with Crippen LogP contribution in [0.2, 0.25) is 10.0 Å². The summed E-state index contributed by atoms with van der Waals surface area (Å²) in [4.78, 5) is 28.7. The summed E-state index contributed by atoms with van der Waals surface area (Å²) in [6, 6.07) is 3.13. The standard InChI is InChI=1S/C17H20Cl2N2O3/c1-24-15-13(9-12(18)10-14(15)19)17(23)21-6-2-5-20(7-8-21)16(22)11-3-4-11/h9-11H,2-8H2,1H3. The zero-order valence-electron chi connectivity index (χ0n) is 13.6. The zero-order valence-corrected chi connectivity index (χ0v) is 15.1. The first kappa shape index (κ1) is 17.4. The Morgan fingerprint density at radius 3 is 2.42 bits per heavy atom. The Bertz CT molecular complexity index is 661. The molecule has 0 aromatic heterocycles. The van der Waals surface area contributed by atoms with Crippen molar-refractivity contribution in [1.82, 2.24) is 9.80 Å². The van der Waals surface area contributed by atoms with Crippen LogP contribution in [-0.4, -0.2) is 54.9 Å². The molecule has 1 heterocycles. The Kier molecular flexibility index (Phi) is 5.21. The average Bonchev–Trinajstić information content (AvgIpc) is 3.39. The van der Waals surface area contributed by atoms with Gasteiger partial charge in [-0.15, -0.1) is 0 Å². The summed E-state index contributed by atoms with van der Waals surface area (Å²) in [5.41, 5.74) is 0.358. The monoisotopic (exact) mass is 370 g/mol. The van der Waals surface area contributed by atoms with Crippen molar-refractivity contribution >= 4 is 35.0 Å². The van der Waals surface area contributed by atoms with E-state index in [1.807, 2.05) is 4.90 Å². The van der Waals surface area contributed by atoms with Crippen LogP contribution in [0.4, 0.5) is 0 Å². The van der Waals surface area contributed by atoms with Crippen molar-refractivity contribution in [3.8, 4) is 5.75 Å². The van der Waals surface area contributed by atoms with Crippen LogP contribution in [0.1, 0.15) is 29.6 Å². The van der Waals surface area contributed by atoms with Crippen LogP contribution in [0, 0.1) is 5.92 Å². The minimum absolute atomic E-state index is 0.169. The highest BCUT2D eigenvalue weighted by Gasteiger charge is 2.34. The van der Waals surface area contributed by atoms with Gasteiger partial charge in [0.1, 0.15) is 5.75 Å². The lowest BCUT2D eigenvalue weighted by Crippen LogP contribution is -2.38. The van der Waals surface area contributed by atoms with Gasteiger partial charge in [-0.1, -0.05) is 23.2 Å². The van der Waals surface area contributed by atoms with Crippen LogP contribution in [0.15, 0.2) is 12.1 Å². The number of ether oxygens (including phenoxy) is 1. The van der Waals surface area contributed by atoms with E-state index >= 15 is 0 Å². The second kappa shape index (κ2) is 7.19. The third-order valence-corrected chi connectivity index (χ3v) is 4.96. The molecule has 0 bridgehead atoms. The summed E-state index contributed by atoms with van der Waals surface area (Å²) in [7, 11) is 1.48. The molecule has 7 heteroatoms. The third-order valence-electron chi connectivity index (χ3n) is 4.46. The third kappa shape index (κ3) is 3.62. The van der Waals surface area contributed by atoms with Crippen molar-refractivity contribution in [1.29, 1.82) is 0 Å². The van der Waals surface area contributed by atoms with Gasteiger partial charge in [-0.2, -0.15) is 0 Å². The number of rotatable bonds is 3. The molecular weight excluding hydrogens is 351 g/mol. The molecule has 3 rings (SSSR count). The number of halogens is 2. The second-order valence-corrected chi connectivity index (χ2v) is 7.06. The topological polar surface area (TPSA) is 49.9 Å². The van der Waals surface area contributed by atoms with Gasteiger partial charge in [-0.25, -0.2) is 0 Å². The minimum Gasteiger partial charge on any atom is -0.494 e. The van der Waals surface area contributed by atoms with E-state index in [9.17, 15) is 9.59 Å². The molecule has 2 aliphatic rings. The molecule has 0 spiro atoms. The van der Waals surface area contributed by atoms with Crippen LogP contribution < -0.4 is 4.74 Å². The SMILES string of the molecule is COc1c(Cl)cc(Cl)cc1C(=O)N1CCCN(C(=O)C2CC2)CC1. The van der Waals surface area contributed by atoms with E-state index in [-0.39, 0.29) is 17.7 Å². The molecule has 1 saturated heterocycles. The van der Waals surface area contributed by atoms with Gasteiger partial charge in [0.2, 0.25) is 5.91 Å². The highest BCUT2D eigenvalue weighted by molar-refractivity contribution is 6.36. The molecule has 1 aliphatic carbocycles. The number of hydrogen-bond donors (Lipinski definition) is 0. The minimum atomic E-state index is -0.169. The number of nitrogens with zero attached hydrogens (tertiary/aromatic N) is 2. The Balaban J connectivity index is 1.74. The first-order chi connectivity index (χ1) is 11.5. The van der Waals surface area contributed by atoms with Crippen molar-refractivity contribution in [3.05, 3.63) is 27.7 Å². The maximum absolute atomic E-state index is 12.9. The van der Waals surface area contributed by atoms with Crippen LogP contribution in [0.5, 0.6) is 5.75 Å². The number of carbonyl (C=O) groups excluding carboxylic acids is 2. The Labute approximate surface area is 151 Å². The fourth-order valence-corrected chi connectivity index (χ4v) is 3.60. The first-order valence-corrected chi connectivity index (χ1v) is 8.88. The van der Waals surface area contributed by atoms with Crippen LogP contribution >= 0.6 is 23.2 Å². The lowest BCUT2D eigenvalue weighted by molar-refractivity contribution is -0.132.